The lowest BCUT2D eigenvalue weighted by Crippen LogP contribution is -2.40. The zero-order chi connectivity index (χ0) is 15.9. The van der Waals surface area contributed by atoms with Gasteiger partial charge >= 0.3 is 0 Å². The third-order valence-electron chi connectivity index (χ3n) is 4.46. The Hall–Kier alpha value is -1.26. The van der Waals surface area contributed by atoms with E-state index in [-0.39, 0.29) is 24.4 Å². The highest BCUT2D eigenvalue weighted by Crippen LogP contribution is 2.23. The minimum absolute atomic E-state index is 0. The number of hydrogen-bond donors (Lipinski definition) is 1. The molecule has 1 unspecified atom stereocenters. The van der Waals surface area contributed by atoms with Gasteiger partial charge in [-0.1, -0.05) is 12.1 Å². The van der Waals surface area contributed by atoms with Crippen LogP contribution in [-0.2, 0) is 11.2 Å². The molecule has 1 saturated heterocycles. The molecule has 0 spiro atoms. The van der Waals surface area contributed by atoms with E-state index in [4.69, 9.17) is 10.5 Å². The summed E-state index contributed by atoms with van der Waals surface area (Å²) >= 11 is 0. The highest BCUT2D eigenvalue weighted by Gasteiger charge is 2.22. The molecule has 1 amide bonds. The van der Waals surface area contributed by atoms with Gasteiger partial charge in [-0.05, 0) is 56.2 Å². The van der Waals surface area contributed by atoms with E-state index in [9.17, 15) is 4.79 Å². The zero-order valence-electron chi connectivity index (χ0n) is 14.2. The number of ether oxygens (including phenoxy) is 1. The van der Waals surface area contributed by atoms with Crippen LogP contribution in [0.15, 0.2) is 24.3 Å². The van der Waals surface area contributed by atoms with Crippen LogP contribution in [0.1, 0.15) is 38.2 Å². The second-order valence-corrected chi connectivity index (χ2v) is 6.39. The molecular weight excluding hydrogens is 312 g/mol. The summed E-state index contributed by atoms with van der Waals surface area (Å²) in [7, 11) is 1.69. The van der Waals surface area contributed by atoms with Gasteiger partial charge in [0, 0.05) is 25.6 Å². The normalized spacial score (nSPS) is 16.6. The van der Waals surface area contributed by atoms with Gasteiger partial charge in [0.05, 0.1) is 7.11 Å². The number of halogens is 1. The van der Waals surface area contributed by atoms with E-state index in [1.165, 1.54) is 12.0 Å². The fourth-order valence-electron chi connectivity index (χ4n) is 3.04. The number of carbonyl (C=O) groups is 1. The summed E-state index contributed by atoms with van der Waals surface area (Å²) < 4.78 is 5.18. The van der Waals surface area contributed by atoms with Crippen molar-refractivity contribution >= 4 is 18.3 Å². The topological polar surface area (TPSA) is 55.6 Å². The van der Waals surface area contributed by atoms with Gasteiger partial charge in [0.1, 0.15) is 5.75 Å². The number of nitrogens with two attached hydrogens (primary N) is 1. The molecule has 1 heterocycles. The second kappa shape index (κ2) is 9.78. The van der Waals surface area contributed by atoms with Crippen LogP contribution >= 0.6 is 12.4 Å². The van der Waals surface area contributed by atoms with E-state index >= 15 is 0 Å². The van der Waals surface area contributed by atoms with Crippen molar-refractivity contribution in [2.75, 3.05) is 20.2 Å². The van der Waals surface area contributed by atoms with Gasteiger partial charge < -0.3 is 15.4 Å². The number of amides is 1. The van der Waals surface area contributed by atoms with Crippen LogP contribution < -0.4 is 10.5 Å². The van der Waals surface area contributed by atoms with Gasteiger partial charge in [0.15, 0.2) is 0 Å². The Morgan fingerprint density at radius 2 is 1.91 bits per heavy atom. The van der Waals surface area contributed by atoms with Crippen molar-refractivity contribution in [3.05, 3.63) is 29.8 Å². The Morgan fingerprint density at radius 1 is 1.30 bits per heavy atom. The van der Waals surface area contributed by atoms with Crippen molar-refractivity contribution in [2.45, 2.75) is 45.1 Å². The summed E-state index contributed by atoms with van der Waals surface area (Å²) in [4.78, 5) is 14.0. The van der Waals surface area contributed by atoms with E-state index in [0.717, 1.165) is 44.0 Å². The van der Waals surface area contributed by atoms with Crippen LogP contribution in [0.3, 0.4) is 0 Å². The molecule has 0 aromatic heterocycles. The van der Waals surface area contributed by atoms with Gasteiger partial charge in [-0.2, -0.15) is 0 Å². The number of nitrogens with zero attached hydrogens (tertiary/aromatic N) is 1. The number of aryl methyl sites for hydroxylation is 1. The summed E-state index contributed by atoms with van der Waals surface area (Å²) in [5.41, 5.74) is 7.06. The highest BCUT2D eigenvalue weighted by molar-refractivity contribution is 5.85. The number of methoxy groups -OCH3 is 1. The molecule has 5 heteroatoms. The third-order valence-corrected chi connectivity index (χ3v) is 4.46. The molecule has 2 rings (SSSR count). The van der Waals surface area contributed by atoms with Crippen LogP contribution in [0, 0.1) is 5.92 Å². The molecule has 130 valence electrons. The van der Waals surface area contributed by atoms with Crippen molar-refractivity contribution in [3.63, 3.8) is 0 Å². The van der Waals surface area contributed by atoms with E-state index in [0.29, 0.717) is 6.42 Å². The van der Waals surface area contributed by atoms with Crippen LogP contribution in [0.2, 0.25) is 0 Å². The smallest absolute Gasteiger partial charge is 0.224 e. The molecular formula is C18H29ClN2O2. The first kappa shape index (κ1) is 19.8. The summed E-state index contributed by atoms with van der Waals surface area (Å²) in [5, 5.41) is 0. The van der Waals surface area contributed by atoms with Crippen LogP contribution in [0.4, 0.5) is 0 Å². The Kier molecular flexibility index (Phi) is 8.42. The van der Waals surface area contributed by atoms with Gasteiger partial charge in [-0.25, -0.2) is 0 Å². The van der Waals surface area contributed by atoms with Crippen molar-refractivity contribution in [1.82, 2.24) is 4.90 Å². The van der Waals surface area contributed by atoms with Crippen molar-refractivity contribution < 1.29 is 9.53 Å². The van der Waals surface area contributed by atoms with Crippen molar-refractivity contribution in [3.8, 4) is 5.75 Å². The van der Waals surface area contributed by atoms with Crippen LogP contribution in [0.25, 0.3) is 0 Å². The molecule has 0 bridgehead atoms. The van der Waals surface area contributed by atoms with Gasteiger partial charge in [-0.15, -0.1) is 12.4 Å². The second-order valence-electron chi connectivity index (χ2n) is 6.39. The zero-order valence-corrected chi connectivity index (χ0v) is 15.0. The maximum absolute atomic E-state index is 12.0. The fraction of sp³-hybridized carbons (Fsp3) is 0.611. The lowest BCUT2D eigenvalue weighted by atomic mass is 9.90. The van der Waals surface area contributed by atoms with Crippen LogP contribution in [-0.4, -0.2) is 37.0 Å². The lowest BCUT2D eigenvalue weighted by molar-refractivity contribution is -0.132. The Morgan fingerprint density at radius 3 is 2.43 bits per heavy atom. The lowest BCUT2D eigenvalue weighted by Gasteiger charge is -2.32. The molecule has 0 aliphatic carbocycles. The third kappa shape index (κ3) is 6.40. The Balaban J connectivity index is 0.00000264. The SMILES string of the molecule is COc1ccc(CCC2CCN(C(=O)CC(C)N)CC2)cc1.Cl. The average molecular weight is 341 g/mol. The average Bonchev–Trinajstić information content (AvgIpc) is 2.53. The molecule has 0 radical (unpaired) electrons. The van der Waals surface area contributed by atoms with Crippen molar-refractivity contribution in [1.29, 1.82) is 0 Å². The monoisotopic (exact) mass is 340 g/mol. The number of likely N-dealkylation sites (tertiary alicyclic amines) is 1. The predicted molar refractivity (Wildman–Crippen MR) is 96.1 cm³/mol. The minimum Gasteiger partial charge on any atom is -0.497 e. The minimum atomic E-state index is -0.0414. The first-order valence-electron chi connectivity index (χ1n) is 8.24. The molecule has 1 aromatic rings. The summed E-state index contributed by atoms with van der Waals surface area (Å²) in [6.07, 6.45) is 4.99. The number of piperidine rings is 1. The van der Waals surface area contributed by atoms with E-state index in [1.54, 1.807) is 7.11 Å². The first-order chi connectivity index (χ1) is 10.6. The van der Waals surface area contributed by atoms with E-state index < -0.39 is 0 Å². The number of carbonyl (C=O) groups excluding carboxylic acids is 1. The van der Waals surface area contributed by atoms with Gasteiger partial charge in [0.25, 0.3) is 0 Å². The highest BCUT2D eigenvalue weighted by atomic mass is 35.5. The number of hydrogen-bond acceptors (Lipinski definition) is 3. The molecule has 2 N–H and O–H groups in total. The molecule has 0 saturated carbocycles. The summed E-state index contributed by atoms with van der Waals surface area (Å²) in [6.45, 7) is 3.66. The molecule has 1 fully saturated rings. The number of rotatable bonds is 6. The summed E-state index contributed by atoms with van der Waals surface area (Å²) in [6, 6.07) is 8.27. The summed E-state index contributed by atoms with van der Waals surface area (Å²) in [5.74, 6) is 1.84. The largest absolute Gasteiger partial charge is 0.497 e. The fourth-order valence-corrected chi connectivity index (χ4v) is 3.04. The van der Waals surface area contributed by atoms with Gasteiger partial charge in [-0.3, -0.25) is 4.79 Å². The molecule has 1 aromatic carbocycles. The first-order valence-corrected chi connectivity index (χ1v) is 8.24. The molecule has 23 heavy (non-hydrogen) atoms. The van der Waals surface area contributed by atoms with Gasteiger partial charge in [0.2, 0.25) is 5.91 Å². The maximum atomic E-state index is 12.0. The standard InChI is InChI=1S/C18H28N2O2.ClH/c1-14(19)13-18(21)20-11-9-16(10-12-20)4-3-15-5-7-17(22-2)8-6-15;/h5-8,14,16H,3-4,9-13,19H2,1-2H3;1H. The predicted octanol–water partition coefficient (Wildman–Crippen LogP) is 3.03. The molecule has 1 atom stereocenters. The van der Waals surface area contributed by atoms with E-state index in [1.807, 2.05) is 24.0 Å². The maximum Gasteiger partial charge on any atom is 0.224 e. The molecule has 1 aliphatic rings. The van der Waals surface area contributed by atoms with Crippen molar-refractivity contribution in [2.24, 2.45) is 11.7 Å². The van der Waals surface area contributed by atoms with Crippen LogP contribution in [0.5, 0.6) is 5.75 Å². The Labute approximate surface area is 145 Å². The Bertz CT molecular complexity index is 468. The number of benzene rings is 1. The molecule has 1 aliphatic heterocycles. The van der Waals surface area contributed by atoms with E-state index in [2.05, 4.69) is 12.1 Å². The molecule has 4 nitrogen and oxygen atoms in total. The quantitative estimate of drug-likeness (QED) is 0.866.